The fourth-order valence-electron chi connectivity index (χ4n) is 2.19. The van der Waals surface area contributed by atoms with Gasteiger partial charge in [0.1, 0.15) is 29.4 Å². The molecule has 0 amide bonds. The van der Waals surface area contributed by atoms with Gasteiger partial charge in [0.15, 0.2) is 11.6 Å². The van der Waals surface area contributed by atoms with Crippen molar-refractivity contribution in [3.63, 3.8) is 0 Å². The smallest absolute Gasteiger partial charge is 0.159 e. The van der Waals surface area contributed by atoms with Gasteiger partial charge in [-0.1, -0.05) is 12.1 Å². The number of nitrogens with zero attached hydrogens (tertiary/aromatic N) is 2. The number of methoxy groups -OCH3 is 1. The number of benzene rings is 2. The third-order valence-corrected chi connectivity index (χ3v) is 3.43. The van der Waals surface area contributed by atoms with Crippen molar-refractivity contribution >= 4 is 28.7 Å². The molecule has 1 heterocycles. The minimum absolute atomic E-state index is 0.0753. The van der Waals surface area contributed by atoms with E-state index in [1.165, 1.54) is 6.33 Å². The van der Waals surface area contributed by atoms with E-state index in [1.807, 2.05) is 12.1 Å². The molecule has 4 N–H and O–H groups in total. The molecule has 3 rings (SSSR count). The number of ether oxygens (including phenoxy) is 1. The number of anilines is 5. The zero-order valence-corrected chi connectivity index (χ0v) is 13.3. The topological polar surface area (TPSA) is 85.1 Å². The van der Waals surface area contributed by atoms with Gasteiger partial charge in [0.05, 0.1) is 18.5 Å². The first kappa shape index (κ1) is 16.4. The number of aromatic nitrogens is 2. The van der Waals surface area contributed by atoms with E-state index in [-0.39, 0.29) is 17.2 Å². The Labute approximate surface area is 142 Å². The Balaban J connectivity index is 1.91. The average molecular weight is 343 g/mol. The predicted octanol–water partition coefficient (Wildman–Crippen LogP) is 3.83. The molecule has 0 aliphatic rings. The van der Waals surface area contributed by atoms with Crippen molar-refractivity contribution in [2.24, 2.45) is 0 Å². The molecule has 25 heavy (non-hydrogen) atoms. The first-order chi connectivity index (χ1) is 12.1. The van der Waals surface area contributed by atoms with Crippen LogP contribution in [0.15, 0.2) is 48.8 Å². The minimum atomic E-state index is -0.626. The summed E-state index contributed by atoms with van der Waals surface area (Å²) in [5.74, 6) is -0.149. The molecule has 1 aromatic heterocycles. The summed E-state index contributed by atoms with van der Waals surface area (Å²) in [5.41, 5.74) is 6.78. The lowest BCUT2D eigenvalue weighted by atomic mass is 10.2. The first-order valence-corrected chi connectivity index (χ1v) is 7.31. The van der Waals surface area contributed by atoms with Crippen molar-refractivity contribution < 1.29 is 13.5 Å². The molecular formula is C17H15F2N5O. The van der Waals surface area contributed by atoms with E-state index in [9.17, 15) is 8.78 Å². The quantitative estimate of drug-likeness (QED) is 0.653. The molecule has 0 bridgehead atoms. The van der Waals surface area contributed by atoms with Crippen LogP contribution in [0.1, 0.15) is 0 Å². The molecule has 0 unspecified atom stereocenters. The molecule has 0 spiro atoms. The van der Waals surface area contributed by atoms with E-state index in [2.05, 4.69) is 20.6 Å². The van der Waals surface area contributed by atoms with E-state index < -0.39 is 11.6 Å². The molecule has 128 valence electrons. The Morgan fingerprint density at radius 1 is 0.960 bits per heavy atom. The van der Waals surface area contributed by atoms with Gasteiger partial charge < -0.3 is 21.1 Å². The van der Waals surface area contributed by atoms with E-state index >= 15 is 0 Å². The summed E-state index contributed by atoms with van der Waals surface area (Å²) in [4.78, 5) is 8.06. The minimum Gasteiger partial charge on any atom is -0.495 e. The van der Waals surface area contributed by atoms with Crippen LogP contribution in [0.3, 0.4) is 0 Å². The maximum Gasteiger partial charge on any atom is 0.159 e. The van der Waals surface area contributed by atoms with Crippen LogP contribution in [0.2, 0.25) is 0 Å². The van der Waals surface area contributed by atoms with Gasteiger partial charge in [-0.2, -0.15) is 0 Å². The largest absolute Gasteiger partial charge is 0.495 e. The number of nitrogens with one attached hydrogen (secondary N) is 2. The van der Waals surface area contributed by atoms with Gasteiger partial charge in [0.25, 0.3) is 0 Å². The fraction of sp³-hybridized carbons (Fsp3) is 0.0588. The molecule has 0 saturated heterocycles. The van der Waals surface area contributed by atoms with Crippen LogP contribution < -0.4 is 21.1 Å². The molecule has 0 fully saturated rings. The lowest BCUT2D eigenvalue weighted by molar-refractivity contribution is 0.417. The predicted molar refractivity (Wildman–Crippen MR) is 92.4 cm³/mol. The van der Waals surface area contributed by atoms with E-state index in [0.717, 1.165) is 18.2 Å². The summed E-state index contributed by atoms with van der Waals surface area (Å²) in [6, 6.07) is 10.3. The van der Waals surface area contributed by atoms with Gasteiger partial charge in [-0.3, -0.25) is 0 Å². The number of hydrogen-bond donors (Lipinski definition) is 3. The number of rotatable bonds is 5. The molecule has 0 aliphatic heterocycles. The van der Waals surface area contributed by atoms with Crippen molar-refractivity contribution in [1.29, 1.82) is 0 Å². The molecule has 2 aromatic carbocycles. The van der Waals surface area contributed by atoms with Gasteiger partial charge in [-0.05, 0) is 24.3 Å². The summed E-state index contributed by atoms with van der Waals surface area (Å²) < 4.78 is 32.3. The second-order valence-corrected chi connectivity index (χ2v) is 5.06. The monoisotopic (exact) mass is 343 g/mol. The summed E-state index contributed by atoms with van der Waals surface area (Å²) in [5, 5.41) is 5.71. The molecule has 8 heteroatoms. The zero-order chi connectivity index (χ0) is 17.8. The maximum atomic E-state index is 13.8. The lowest BCUT2D eigenvalue weighted by Crippen LogP contribution is -2.06. The highest BCUT2D eigenvalue weighted by Gasteiger charge is 2.12. The van der Waals surface area contributed by atoms with E-state index in [0.29, 0.717) is 17.3 Å². The second kappa shape index (κ2) is 7.00. The van der Waals surface area contributed by atoms with Gasteiger partial charge in [-0.15, -0.1) is 0 Å². The third-order valence-electron chi connectivity index (χ3n) is 3.43. The van der Waals surface area contributed by atoms with E-state index in [4.69, 9.17) is 10.5 Å². The first-order valence-electron chi connectivity index (χ1n) is 7.31. The Morgan fingerprint density at radius 2 is 1.64 bits per heavy atom. The van der Waals surface area contributed by atoms with Crippen molar-refractivity contribution in [1.82, 2.24) is 9.97 Å². The van der Waals surface area contributed by atoms with Gasteiger partial charge in [-0.25, -0.2) is 18.7 Å². The molecule has 0 radical (unpaired) electrons. The number of para-hydroxylation sites is 2. The molecule has 0 saturated carbocycles. The Morgan fingerprint density at radius 3 is 2.36 bits per heavy atom. The van der Waals surface area contributed by atoms with Gasteiger partial charge in [0, 0.05) is 6.07 Å². The number of nitrogens with two attached hydrogens (primary N) is 1. The maximum absolute atomic E-state index is 13.8. The van der Waals surface area contributed by atoms with Crippen molar-refractivity contribution in [2.75, 3.05) is 23.5 Å². The zero-order valence-electron chi connectivity index (χ0n) is 13.3. The van der Waals surface area contributed by atoms with Crippen LogP contribution in [0.25, 0.3) is 0 Å². The molecule has 0 atom stereocenters. The second-order valence-electron chi connectivity index (χ2n) is 5.06. The molecule has 0 aliphatic carbocycles. The fourth-order valence-corrected chi connectivity index (χ4v) is 2.19. The molecule has 6 nitrogen and oxygen atoms in total. The summed E-state index contributed by atoms with van der Waals surface area (Å²) in [7, 11) is 1.55. The van der Waals surface area contributed by atoms with E-state index in [1.54, 1.807) is 19.2 Å². The van der Waals surface area contributed by atoms with Crippen LogP contribution in [-0.2, 0) is 0 Å². The Hall–Kier alpha value is -3.42. The van der Waals surface area contributed by atoms with Crippen LogP contribution in [-0.4, -0.2) is 17.1 Å². The van der Waals surface area contributed by atoms with Crippen molar-refractivity contribution in [3.8, 4) is 5.75 Å². The van der Waals surface area contributed by atoms with Crippen LogP contribution in [0, 0.1) is 11.6 Å². The van der Waals surface area contributed by atoms with Crippen molar-refractivity contribution in [3.05, 3.63) is 60.4 Å². The normalized spacial score (nSPS) is 10.4. The summed E-state index contributed by atoms with van der Waals surface area (Å²) in [6.45, 7) is 0. The molecular weight excluding hydrogens is 328 g/mol. The number of hydrogen-bond acceptors (Lipinski definition) is 6. The average Bonchev–Trinajstić information content (AvgIpc) is 2.62. The highest BCUT2D eigenvalue weighted by molar-refractivity contribution is 5.81. The lowest BCUT2D eigenvalue weighted by Gasteiger charge is -2.14. The number of nitrogen functional groups attached to an aromatic ring is 1. The molecule has 3 aromatic rings. The number of halogens is 2. The SMILES string of the molecule is COc1ccccc1Nc1ncnc(Nc2cc(F)ccc2F)c1N. The van der Waals surface area contributed by atoms with Crippen molar-refractivity contribution in [2.45, 2.75) is 0 Å². The van der Waals surface area contributed by atoms with Crippen LogP contribution in [0.4, 0.5) is 37.5 Å². The van der Waals surface area contributed by atoms with Crippen LogP contribution >= 0.6 is 0 Å². The summed E-state index contributed by atoms with van der Waals surface area (Å²) >= 11 is 0. The highest BCUT2D eigenvalue weighted by Crippen LogP contribution is 2.32. The Kier molecular flexibility index (Phi) is 4.60. The van der Waals surface area contributed by atoms with Gasteiger partial charge >= 0.3 is 0 Å². The van der Waals surface area contributed by atoms with Gasteiger partial charge in [0.2, 0.25) is 0 Å². The van der Waals surface area contributed by atoms with Crippen LogP contribution in [0.5, 0.6) is 5.75 Å². The Bertz CT molecular complexity index is 904. The standard InChI is InChI=1S/C17H15F2N5O/c1-25-14-5-3-2-4-12(14)23-16-15(20)17(22-9-21-16)24-13-8-10(18)6-7-11(13)19/h2-9H,20H2,1H3,(H2,21,22,23,24). The summed E-state index contributed by atoms with van der Waals surface area (Å²) in [6.07, 6.45) is 1.26. The third kappa shape index (κ3) is 3.57. The highest BCUT2D eigenvalue weighted by atomic mass is 19.1.